The molecule has 0 saturated carbocycles. The van der Waals surface area contributed by atoms with Crippen molar-refractivity contribution >= 4 is 5.78 Å². The Morgan fingerprint density at radius 2 is 1.29 bits per heavy atom. The van der Waals surface area contributed by atoms with E-state index in [0.717, 1.165) is 27.8 Å². The summed E-state index contributed by atoms with van der Waals surface area (Å²) in [4.78, 5) is 17.3. The predicted molar refractivity (Wildman–Crippen MR) is 87.3 cm³/mol. The number of hydrogen-bond acceptors (Lipinski definition) is 2. The topological polar surface area (TPSA) is 30.0 Å². The summed E-state index contributed by atoms with van der Waals surface area (Å²) in [5.41, 5.74) is 9.21. The summed E-state index contributed by atoms with van der Waals surface area (Å²) in [6.07, 6.45) is 1.76. The lowest BCUT2D eigenvalue weighted by Gasteiger charge is -2.18. The summed E-state index contributed by atoms with van der Waals surface area (Å²) in [5.74, 6) is 0.0358. The van der Waals surface area contributed by atoms with Gasteiger partial charge in [-0.15, -0.1) is 0 Å². The molecule has 0 aliphatic rings. The number of aryl methyl sites for hydroxylation is 2. The average Bonchev–Trinajstić information content (AvgIpc) is 2.43. The van der Waals surface area contributed by atoms with E-state index in [9.17, 15) is 4.79 Å². The minimum Gasteiger partial charge on any atom is -0.287 e. The van der Waals surface area contributed by atoms with E-state index in [1.165, 1.54) is 16.7 Å². The van der Waals surface area contributed by atoms with Crippen molar-refractivity contribution in [1.29, 1.82) is 0 Å². The van der Waals surface area contributed by atoms with Crippen LogP contribution < -0.4 is 0 Å². The first-order valence-electron chi connectivity index (χ1n) is 7.30. The Labute approximate surface area is 127 Å². The Kier molecular flexibility index (Phi) is 3.99. The number of carbonyl (C=O) groups excluding carboxylic acids is 1. The quantitative estimate of drug-likeness (QED) is 0.760. The second-order valence-corrected chi connectivity index (χ2v) is 6.01. The fourth-order valence-electron chi connectivity index (χ4n) is 2.91. The Morgan fingerprint density at radius 1 is 0.810 bits per heavy atom. The van der Waals surface area contributed by atoms with Crippen molar-refractivity contribution in [1.82, 2.24) is 4.98 Å². The van der Waals surface area contributed by atoms with Crippen molar-refractivity contribution in [2.24, 2.45) is 0 Å². The minimum absolute atomic E-state index is 0.0358. The molecule has 0 aliphatic carbocycles. The third-order valence-electron chi connectivity index (χ3n) is 4.66. The minimum atomic E-state index is 0.0358. The second kappa shape index (κ2) is 5.44. The standard InChI is InChI=1S/C19H23NO/c1-10-8-11(2)18(20-9-10)19(21)17-15(6)13(4)12(3)14(5)16(17)7/h8-9H,1-7H3. The molecule has 0 bridgehead atoms. The van der Waals surface area contributed by atoms with Crippen LogP contribution in [0.4, 0.5) is 0 Å². The van der Waals surface area contributed by atoms with E-state index in [4.69, 9.17) is 0 Å². The molecule has 0 radical (unpaired) electrons. The third-order valence-corrected chi connectivity index (χ3v) is 4.66. The molecule has 0 aliphatic heterocycles. The first-order chi connectivity index (χ1) is 9.75. The summed E-state index contributed by atoms with van der Waals surface area (Å²) >= 11 is 0. The summed E-state index contributed by atoms with van der Waals surface area (Å²) in [7, 11) is 0. The summed E-state index contributed by atoms with van der Waals surface area (Å²) in [5, 5.41) is 0. The van der Waals surface area contributed by atoms with E-state index in [2.05, 4.69) is 25.8 Å². The maximum atomic E-state index is 13.0. The molecule has 0 fully saturated rings. The Balaban J connectivity index is 2.70. The zero-order valence-corrected chi connectivity index (χ0v) is 14.0. The molecule has 2 rings (SSSR count). The molecule has 0 N–H and O–H groups in total. The molecule has 1 heterocycles. The maximum Gasteiger partial charge on any atom is 0.212 e. The van der Waals surface area contributed by atoms with E-state index in [0.29, 0.717) is 5.69 Å². The Morgan fingerprint density at radius 3 is 1.76 bits per heavy atom. The van der Waals surface area contributed by atoms with Gasteiger partial charge in [-0.3, -0.25) is 9.78 Å². The van der Waals surface area contributed by atoms with Crippen molar-refractivity contribution in [3.63, 3.8) is 0 Å². The van der Waals surface area contributed by atoms with Gasteiger partial charge in [-0.1, -0.05) is 6.07 Å². The van der Waals surface area contributed by atoms with Gasteiger partial charge < -0.3 is 0 Å². The zero-order chi connectivity index (χ0) is 15.9. The van der Waals surface area contributed by atoms with Crippen molar-refractivity contribution in [3.05, 3.63) is 62.5 Å². The number of rotatable bonds is 2. The number of nitrogens with zero attached hydrogens (tertiary/aromatic N) is 1. The van der Waals surface area contributed by atoms with Crippen molar-refractivity contribution in [3.8, 4) is 0 Å². The van der Waals surface area contributed by atoms with Gasteiger partial charge in [0, 0.05) is 11.8 Å². The molecule has 2 nitrogen and oxygen atoms in total. The van der Waals surface area contributed by atoms with Gasteiger partial charge in [0.25, 0.3) is 0 Å². The van der Waals surface area contributed by atoms with Crippen LogP contribution in [-0.2, 0) is 0 Å². The number of aromatic nitrogens is 1. The van der Waals surface area contributed by atoms with E-state index in [-0.39, 0.29) is 5.78 Å². The molecular weight excluding hydrogens is 258 g/mol. The van der Waals surface area contributed by atoms with Gasteiger partial charge in [0.1, 0.15) is 5.69 Å². The van der Waals surface area contributed by atoms with Crippen LogP contribution in [0, 0.1) is 48.5 Å². The lowest BCUT2D eigenvalue weighted by atomic mass is 9.86. The number of ketones is 1. The predicted octanol–water partition coefficient (Wildman–Crippen LogP) is 4.47. The highest BCUT2D eigenvalue weighted by atomic mass is 16.1. The third kappa shape index (κ3) is 2.51. The van der Waals surface area contributed by atoms with Crippen molar-refractivity contribution in [2.75, 3.05) is 0 Å². The molecule has 110 valence electrons. The molecule has 2 heteroatoms. The van der Waals surface area contributed by atoms with Gasteiger partial charge in [-0.05, 0) is 87.4 Å². The van der Waals surface area contributed by atoms with Gasteiger partial charge in [0.2, 0.25) is 5.78 Å². The normalized spacial score (nSPS) is 10.8. The average molecular weight is 281 g/mol. The molecule has 0 atom stereocenters. The highest BCUT2D eigenvalue weighted by Gasteiger charge is 2.21. The van der Waals surface area contributed by atoms with Crippen LogP contribution in [0.3, 0.4) is 0 Å². The molecule has 1 aromatic carbocycles. The van der Waals surface area contributed by atoms with E-state index < -0.39 is 0 Å². The lowest BCUT2D eigenvalue weighted by Crippen LogP contribution is -2.13. The van der Waals surface area contributed by atoms with Crippen LogP contribution in [0.15, 0.2) is 12.3 Å². The molecule has 0 amide bonds. The Bertz CT molecular complexity index is 713. The monoisotopic (exact) mass is 281 g/mol. The highest BCUT2D eigenvalue weighted by molar-refractivity contribution is 6.10. The smallest absolute Gasteiger partial charge is 0.212 e. The zero-order valence-electron chi connectivity index (χ0n) is 14.0. The van der Waals surface area contributed by atoms with Gasteiger partial charge in [0.15, 0.2) is 0 Å². The molecule has 1 aromatic heterocycles. The first kappa shape index (κ1) is 15.4. The number of hydrogen-bond donors (Lipinski definition) is 0. The number of carbonyl (C=O) groups is 1. The summed E-state index contributed by atoms with van der Waals surface area (Å²) in [6, 6.07) is 2.01. The van der Waals surface area contributed by atoms with Gasteiger partial charge in [-0.25, -0.2) is 0 Å². The van der Waals surface area contributed by atoms with Crippen molar-refractivity contribution in [2.45, 2.75) is 48.5 Å². The highest BCUT2D eigenvalue weighted by Crippen LogP contribution is 2.28. The fraction of sp³-hybridized carbons (Fsp3) is 0.368. The molecule has 0 unspecified atom stereocenters. The summed E-state index contributed by atoms with van der Waals surface area (Å²) in [6.45, 7) is 14.3. The van der Waals surface area contributed by atoms with E-state index in [1.807, 2.05) is 33.8 Å². The van der Waals surface area contributed by atoms with Gasteiger partial charge in [-0.2, -0.15) is 0 Å². The molecule has 21 heavy (non-hydrogen) atoms. The summed E-state index contributed by atoms with van der Waals surface area (Å²) < 4.78 is 0. The SMILES string of the molecule is Cc1cnc(C(=O)c2c(C)c(C)c(C)c(C)c2C)c(C)c1. The van der Waals surface area contributed by atoms with Crippen LogP contribution in [0.1, 0.15) is 55.0 Å². The van der Waals surface area contributed by atoms with Crippen LogP contribution >= 0.6 is 0 Å². The van der Waals surface area contributed by atoms with Gasteiger partial charge in [0.05, 0.1) is 0 Å². The first-order valence-corrected chi connectivity index (χ1v) is 7.30. The largest absolute Gasteiger partial charge is 0.287 e. The number of pyridine rings is 1. The molecule has 0 spiro atoms. The van der Waals surface area contributed by atoms with Gasteiger partial charge >= 0.3 is 0 Å². The molecule has 0 saturated heterocycles. The van der Waals surface area contributed by atoms with E-state index >= 15 is 0 Å². The van der Waals surface area contributed by atoms with E-state index in [1.54, 1.807) is 6.20 Å². The van der Waals surface area contributed by atoms with Crippen LogP contribution in [0.2, 0.25) is 0 Å². The fourth-order valence-corrected chi connectivity index (χ4v) is 2.91. The van der Waals surface area contributed by atoms with Crippen molar-refractivity contribution < 1.29 is 4.79 Å². The Hall–Kier alpha value is -1.96. The molecule has 2 aromatic rings. The maximum absolute atomic E-state index is 13.0. The number of benzene rings is 1. The van der Waals surface area contributed by atoms with Crippen LogP contribution in [-0.4, -0.2) is 10.8 Å². The van der Waals surface area contributed by atoms with Crippen LogP contribution in [0.5, 0.6) is 0 Å². The second-order valence-electron chi connectivity index (χ2n) is 6.01. The molecular formula is C19H23NO. The van der Waals surface area contributed by atoms with Crippen LogP contribution in [0.25, 0.3) is 0 Å². The lowest BCUT2D eigenvalue weighted by molar-refractivity contribution is 0.103.